The van der Waals surface area contributed by atoms with Gasteiger partial charge in [-0.1, -0.05) is 19.4 Å². The minimum Gasteiger partial charge on any atom is -0.382 e. The zero-order chi connectivity index (χ0) is 13.2. The van der Waals surface area contributed by atoms with Gasteiger partial charge in [-0.05, 0) is 36.4 Å². The van der Waals surface area contributed by atoms with Gasteiger partial charge in [0.2, 0.25) is 0 Å². The van der Waals surface area contributed by atoms with Crippen molar-refractivity contribution in [3.63, 3.8) is 0 Å². The van der Waals surface area contributed by atoms with Crippen LogP contribution in [0.3, 0.4) is 0 Å². The maximum atomic E-state index is 5.99. The Balaban J connectivity index is 1.80. The van der Waals surface area contributed by atoms with Gasteiger partial charge in [-0.3, -0.25) is 4.98 Å². The lowest BCUT2D eigenvalue weighted by Crippen LogP contribution is -2.04. The van der Waals surface area contributed by atoms with E-state index in [9.17, 15) is 0 Å². The summed E-state index contributed by atoms with van der Waals surface area (Å²) in [7, 11) is 0. The molecule has 2 unspecified atom stereocenters. The van der Waals surface area contributed by atoms with E-state index in [1.54, 1.807) is 6.20 Å². The van der Waals surface area contributed by atoms with Crippen molar-refractivity contribution >= 4 is 22.4 Å². The molecule has 1 saturated carbocycles. The predicted octanol–water partition coefficient (Wildman–Crippen LogP) is 3.39. The van der Waals surface area contributed by atoms with Crippen LogP contribution in [0.15, 0.2) is 24.5 Å². The fourth-order valence-corrected chi connectivity index (χ4v) is 3.27. The van der Waals surface area contributed by atoms with E-state index in [2.05, 4.69) is 21.6 Å². The summed E-state index contributed by atoms with van der Waals surface area (Å²) in [5.41, 5.74) is 8.03. The molecule has 3 rings (SSSR count). The SMILES string of the molecule is CCCC1CC1Nc1snc(N)c1-c1cccnc1. The number of hydrogen-bond donors (Lipinski definition) is 2. The maximum Gasteiger partial charge on any atom is 0.147 e. The van der Waals surface area contributed by atoms with Crippen LogP contribution in [0.4, 0.5) is 10.8 Å². The molecule has 1 aliphatic rings. The van der Waals surface area contributed by atoms with E-state index in [4.69, 9.17) is 5.73 Å². The third-order valence-electron chi connectivity index (χ3n) is 3.57. The van der Waals surface area contributed by atoms with Crippen LogP contribution in [0.25, 0.3) is 11.1 Å². The number of nitrogens with zero attached hydrogens (tertiary/aromatic N) is 2. The van der Waals surface area contributed by atoms with E-state index < -0.39 is 0 Å². The van der Waals surface area contributed by atoms with Crippen molar-refractivity contribution in [2.24, 2.45) is 5.92 Å². The third-order valence-corrected chi connectivity index (χ3v) is 4.36. The fraction of sp³-hybridized carbons (Fsp3) is 0.429. The van der Waals surface area contributed by atoms with Crippen LogP contribution in [-0.4, -0.2) is 15.4 Å². The molecule has 2 aromatic rings. The standard InChI is InChI=1S/C14H18N4S/c1-2-4-9-7-11(9)17-14-12(13(15)18-19-14)10-5-3-6-16-8-10/h3,5-6,8-9,11,17H,2,4,7H2,1H3,(H2,15,18). The second-order valence-corrected chi connectivity index (χ2v) is 5.82. The van der Waals surface area contributed by atoms with Gasteiger partial charge in [-0.15, -0.1) is 0 Å². The predicted molar refractivity (Wildman–Crippen MR) is 80.2 cm³/mol. The summed E-state index contributed by atoms with van der Waals surface area (Å²) < 4.78 is 4.27. The first kappa shape index (κ1) is 12.4. The summed E-state index contributed by atoms with van der Waals surface area (Å²) in [5, 5.41) is 4.66. The Hall–Kier alpha value is -1.62. The molecule has 100 valence electrons. The van der Waals surface area contributed by atoms with Crippen molar-refractivity contribution in [3.8, 4) is 11.1 Å². The van der Waals surface area contributed by atoms with Crippen LogP contribution in [0.5, 0.6) is 0 Å². The molecule has 3 N–H and O–H groups in total. The largest absolute Gasteiger partial charge is 0.382 e. The molecule has 0 amide bonds. The van der Waals surface area contributed by atoms with Crippen molar-refractivity contribution in [1.82, 2.24) is 9.36 Å². The lowest BCUT2D eigenvalue weighted by atomic mass is 10.1. The Labute approximate surface area is 117 Å². The highest BCUT2D eigenvalue weighted by molar-refractivity contribution is 7.11. The lowest BCUT2D eigenvalue weighted by molar-refractivity contribution is 0.693. The minimum absolute atomic E-state index is 0.591. The highest BCUT2D eigenvalue weighted by atomic mass is 32.1. The van der Waals surface area contributed by atoms with E-state index in [0.717, 1.165) is 22.0 Å². The van der Waals surface area contributed by atoms with Crippen molar-refractivity contribution in [1.29, 1.82) is 0 Å². The van der Waals surface area contributed by atoms with Crippen LogP contribution in [0.1, 0.15) is 26.2 Å². The highest BCUT2D eigenvalue weighted by Crippen LogP contribution is 2.42. The van der Waals surface area contributed by atoms with Gasteiger partial charge >= 0.3 is 0 Å². The van der Waals surface area contributed by atoms with Crippen LogP contribution in [0.2, 0.25) is 0 Å². The Morgan fingerprint density at radius 2 is 2.42 bits per heavy atom. The van der Waals surface area contributed by atoms with E-state index in [1.807, 2.05) is 18.3 Å². The van der Waals surface area contributed by atoms with Crippen LogP contribution in [-0.2, 0) is 0 Å². The molecular weight excluding hydrogens is 256 g/mol. The molecule has 19 heavy (non-hydrogen) atoms. The Morgan fingerprint density at radius 3 is 3.16 bits per heavy atom. The number of anilines is 2. The third kappa shape index (κ3) is 2.56. The van der Waals surface area contributed by atoms with Gasteiger partial charge in [0.15, 0.2) is 0 Å². The zero-order valence-corrected chi connectivity index (χ0v) is 11.8. The van der Waals surface area contributed by atoms with Crippen molar-refractivity contribution in [2.75, 3.05) is 11.1 Å². The normalized spacial score (nSPS) is 21.3. The molecule has 5 heteroatoms. The molecule has 1 fully saturated rings. The summed E-state index contributed by atoms with van der Waals surface area (Å²) in [5.74, 6) is 1.41. The molecule has 0 bridgehead atoms. The average Bonchev–Trinajstić information content (AvgIpc) is 3.04. The van der Waals surface area contributed by atoms with Crippen LogP contribution < -0.4 is 11.1 Å². The lowest BCUT2D eigenvalue weighted by Gasteiger charge is -2.06. The monoisotopic (exact) mass is 274 g/mol. The number of rotatable bonds is 5. The topological polar surface area (TPSA) is 63.8 Å². The first-order valence-corrected chi connectivity index (χ1v) is 7.49. The fourth-order valence-electron chi connectivity index (χ4n) is 2.47. The van der Waals surface area contributed by atoms with Gasteiger partial charge in [0, 0.05) is 24.0 Å². The summed E-state index contributed by atoms with van der Waals surface area (Å²) >= 11 is 1.45. The number of nitrogens with one attached hydrogen (secondary N) is 1. The van der Waals surface area contributed by atoms with Crippen LogP contribution in [0, 0.1) is 5.92 Å². The van der Waals surface area contributed by atoms with E-state index in [0.29, 0.717) is 11.9 Å². The number of nitrogens with two attached hydrogens (primary N) is 1. The number of pyridine rings is 1. The molecule has 0 aliphatic heterocycles. The molecule has 0 spiro atoms. The second kappa shape index (κ2) is 5.17. The molecule has 4 nitrogen and oxygen atoms in total. The molecule has 0 saturated heterocycles. The molecule has 1 aliphatic carbocycles. The molecule has 2 aromatic heterocycles. The van der Waals surface area contributed by atoms with E-state index in [-0.39, 0.29) is 0 Å². The Morgan fingerprint density at radius 1 is 1.53 bits per heavy atom. The smallest absolute Gasteiger partial charge is 0.147 e. The van der Waals surface area contributed by atoms with Gasteiger partial charge in [-0.25, -0.2) is 0 Å². The molecule has 2 heterocycles. The quantitative estimate of drug-likeness (QED) is 0.877. The van der Waals surface area contributed by atoms with Gasteiger partial charge in [-0.2, -0.15) is 4.37 Å². The van der Waals surface area contributed by atoms with Gasteiger partial charge in [0.25, 0.3) is 0 Å². The summed E-state index contributed by atoms with van der Waals surface area (Å²) in [6, 6.07) is 4.54. The average molecular weight is 274 g/mol. The Kier molecular flexibility index (Phi) is 3.38. The van der Waals surface area contributed by atoms with E-state index in [1.165, 1.54) is 30.8 Å². The molecule has 2 atom stereocenters. The number of aromatic nitrogens is 2. The highest BCUT2D eigenvalue weighted by Gasteiger charge is 2.36. The minimum atomic E-state index is 0.591. The van der Waals surface area contributed by atoms with Crippen molar-refractivity contribution in [3.05, 3.63) is 24.5 Å². The van der Waals surface area contributed by atoms with Gasteiger partial charge < -0.3 is 11.1 Å². The zero-order valence-electron chi connectivity index (χ0n) is 11.0. The number of hydrogen-bond acceptors (Lipinski definition) is 5. The first-order chi connectivity index (χ1) is 9.29. The summed E-state index contributed by atoms with van der Waals surface area (Å²) in [6.07, 6.45) is 7.42. The molecule has 0 aromatic carbocycles. The van der Waals surface area contributed by atoms with Gasteiger partial charge in [0.1, 0.15) is 10.8 Å². The van der Waals surface area contributed by atoms with E-state index >= 15 is 0 Å². The molecular formula is C14H18N4S. The summed E-state index contributed by atoms with van der Waals surface area (Å²) in [6.45, 7) is 2.24. The van der Waals surface area contributed by atoms with Crippen LogP contribution >= 0.6 is 11.5 Å². The molecule has 0 radical (unpaired) electrons. The van der Waals surface area contributed by atoms with Gasteiger partial charge in [0.05, 0.1) is 5.56 Å². The Bertz CT molecular complexity index is 552. The van der Waals surface area contributed by atoms with Crippen molar-refractivity contribution in [2.45, 2.75) is 32.2 Å². The summed E-state index contributed by atoms with van der Waals surface area (Å²) in [4.78, 5) is 4.16. The van der Waals surface area contributed by atoms with Crippen molar-refractivity contribution < 1.29 is 0 Å². The number of nitrogen functional groups attached to an aromatic ring is 1. The first-order valence-electron chi connectivity index (χ1n) is 6.71. The maximum absolute atomic E-state index is 5.99. The second-order valence-electron chi connectivity index (χ2n) is 5.05.